The Morgan fingerprint density at radius 2 is 1.88 bits per heavy atom. The fraction of sp³-hybridized carbons (Fsp3) is 0.0769. The number of hydrogen-bond acceptors (Lipinski definition) is 3. The van der Waals surface area contributed by atoms with Gasteiger partial charge >= 0.3 is 0 Å². The largest absolute Gasteiger partial charge is 0.388 e. The molecule has 3 heteroatoms. The Kier molecular flexibility index (Phi) is 2.96. The SMILES string of the molecule is CNc1ccccc1C(=O)c1ccccn1. The summed E-state index contributed by atoms with van der Waals surface area (Å²) in [6.07, 6.45) is 1.62. The molecule has 0 aliphatic rings. The number of rotatable bonds is 3. The van der Waals surface area contributed by atoms with Crippen molar-refractivity contribution in [2.45, 2.75) is 0 Å². The molecule has 0 unspecified atom stereocenters. The van der Waals surface area contributed by atoms with Gasteiger partial charge < -0.3 is 5.32 Å². The molecular weight excluding hydrogens is 200 g/mol. The maximum absolute atomic E-state index is 12.1. The third-order valence-corrected chi connectivity index (χ3v) is 2.34. The van der Waals surface area contributed by atoms with Crippen LogP contribution in [-0.2, 0) is 0 Å². The second kappa shape index (κ2) is 4.57. The lowest BCUT2D eigenvalue weighted by atomic mass is 10.1. The highest BCUT2D eigenvalue weighted by atomic mass is 16.1. The van der Waals surface area contributed by atoms with Gasteiger partial charge in [0.2, 0.25) is 5.78 Å². The fourth-order valence-corrected chi connectivity index (χ4v) is 1.53. The van der Waals surface area contributed by atoms with Crippen LogP contribution in [0.1, 0.15) is 16.1 Å². The summed E-state index contributed by atoms with van der Waals surface area (Å²) in [6.45, 7) is 0. The number of carbonyl (C=O) groups is 1. The van der Waals surface area contributed by atoms with Gasteiger partial charge in [-0.15, -0.1) is 0 Å². The number of nitrogens with zero attached hydrogens (tertiary/aromatic N) is 1. The molecule has 0 spiro atoms. The first kappa shape index (κ1) is 10.4. The highest BCUT2D eigenvalue weighted by molar-refractivity contribution is 6.11. The van der Waals surface area contributed by atoms with Crippen LogP contribution in [0.15, 0.2) is 48.7 Å². The van der Waals surface area contributed by atoms with Gasteiger partial charge in [0.15, 0.2) is 0 Å². The molecule has 0 radical (unpaired) electrons. The Bertz CT molecular complexity index is 494. The summed E-state index contributed by atoms with van der Waals surface area (Å²) in [5.74, 6) is -0.0643. The third kappa shape index (κ3) is 1.93. The van der Waals surface area contributed by atoms with Gasteiger partial charge in [0, 0.05) is 24.5 Å². The summed E-state index contributed by atoms with van der Waals surface area (Å²) in [5.41, 5.74) is 1.92. The van der Waals surface area contributed by atoms with Crippen molar-refractivity contribution in [1.29, 1.82) is 0 Å². The van der Waals surface area contributed by atoms with Crippen LogP contribution < -0.4 is 5.32 Å². The molecule has 16 heavy (non-hydrogen) atoms. The molecule has 0 saturated heterocycles. The summed E-state index contributed by atoms with van der Waals surface area (Å²) < 4.78 is 0. The summed E-state index contributed by atoms with van der Waals surface area (Å²) in [6, 6.07) is 12.7. The maximum Gasteiger partial charge on any atom is 0.213 e. The van der Waals surface area contributed by atoms with E-state index in [4.69, 9.17) is 0 Å². The number of hydrogen-bond donors (Lipinski definition) is 1. The van der Waals surface area contributed by atoms with Crippen molar-refractivity contribution in [1.82, 2.24) is 4.98 Å². The van der Waals surface area contributed by atoms with Crippen molar-refractivity contribution < 1.29 is 4.79 Å². The number of aromatic nitrogens is 1. The van der Waals surface area contributed by atoms with Crippen LogP contribution in [0.4, 0.5) is 5.69 Å². The zero-order valence-corrected chi connectivity index (χ0v) is 8.97. The van der Waals surface area contributed by atoms with Crippen molar-refractivity contribution >= 4 is 11.5 Å². The van der Waals surface area contributed by atoms with E-state index in [-0.39, 0.29) is 5.78 Å². The van der Waals surface area contributed by atoms with Gasteiger partial charge in [0.1, 0.15) is 5.69 Å². The average molecular weight is 212 g/mol. The molecule has 0 aliphatic carbocycles. The van der Waals surface area contributed by atoms with E-state index < -0.39 is 0 Å². The summed E-state index contributed by atoms with van der Waals surface area (Å²) >= 11 is 0. The molecule has 0 atom stereocenters. The van der Waals surface area contributed by atoms with E-state index in [0.717, 1.165) is 5.69 Å². The Hall–Kier alpha value is -2.16. The second-order valence-electron chi connectivity index (χ2n) is 3.34. The number of ketones is 1. The minimum Gasteiger partial charge on any atom is -0.388 e. The number of nitrogens with one attached hydrogen (secondary N) is 1. The van der Waals surface area contributed by atoms with E-state index in [2.05, 4.69) is 10.3 Å². The standard InChI is InChI=1S/C13H12N2O/c1-14-11-7-3-2-6-10(11)13(16)12-8-4-5-9-15-12/h2-9,14H,1H3. The van der Waals surface area contributed by atoms with Crippen LogP contribution in [0.5, 0.6) is 0 Å². The first-order valence-electron chi connectivity index (χ1n) is 5.05. The molecular formula is C13H12N2O. The van der Waals surface area contributed by atoms with Gasteiger partial charge in [-0.2, -0.15) is 0 Å². The number of anilines is 1. The normalized spacial score (nSPS) is 9.81. The summed E-state index contributed by atoms with van der Waals surface area (Å²) in [7, 11) is 1.80. The molecule has 2 aromatic rings. The van der Waals surface area contributed by atoms with E-state index in [0.29, 0.717) is 11.3 Å². The molecule has 2 rings (SSSR count). The molecule has 1 heterocycles. The molecule has 0 fully saturated rings. The van der Waals surface area contributed by atoms with Crippen molar-refractivity contribution in [3.05, 3.63) is 59.9 Å². The molecule has 80 valence electrons. The van der Waals surface area contributed by atoms with Crippen molar-refractivity contribution in [2.75, 3.05) is 12.4 Å². The highest BCUT2D eigenvalue weighted by Crippen LogP contribution is 2.17. The number of carbonyl (C=O) groups excluding carboxylic acids is 1. The quantitative estimate of drug-likeness (QED) is 0.794. The molecule has 0 bridgehead atoms. The summed E-state index contributed by atoms with van der Waals surface area (Å²) in [5, 5.41) is 3.00. The number of pyridine rings is 1. The smallest absolute Gasteiger partial charge is 0.213 e. The molecule has 1 N–H and O–H groups in total. The molecule has 0 amide bonds. The van der Waals surface area contributed by atoms with Crippen LogP contribution in [-0.4, -0.2) is 17.8 Å². The lowest BCUT2D eigenvalue weighted by molar-refractivity contribution is 0.103. The summed E-state index contributed by atoms with van der Waals surface area (Å²) in [4.78, 5) is 16.2. The molecule has 1 aromatic heterocycles. The van der Waals surface area contributed by atoms with Gasteiger partial charge in [0.25, 0.3) is 0 Å². The third-order valence-electron chi connectivity index (χ3n) is 2.34. The topological polar surface area (TPSA) is 42.0 Å². The predicted octanol–water partition coefficient (Wildman–Crippen LogP) is 2.35. The van der Waals surface area contributed by atoms with E-state index >= 15 is 0 Å². The monoisotopic (exact) mass is 212 g/mol. The van der Waals surface area contributed by atoms with Crippen molar-refractivity contribution in [3.8, 4) is 0 Å². The van der Waals surface area contributed by atoms with E-state index in [1.165, 1.54) is 0 Å². The van der Waals surface area contributed by atoms with Gasteiger partial charge in [-0.1, -0.05) is 18.2 Å². The lowest BCUT2D eigenvalue weighted by Gasteiger charge is -2.06. The molecule has 0 saturated carbocycles. The first-order valence-corrected chi connectivity index (χ1v) is 5.05. The van der Waals surface area contributed by atoms with Crippen LogP contribution in [0.25, 0.3) is 0 Å². The minimum atomic E-state index is -0.0643. The van der Waals surface area contributed by atoms with E-state index in [9.17, 15) is 4.79 Å². The second-order valence-corrected chi connectivity index (χ2v) is 3.34. The average Bonchev–Trinajstić information content (AvgIpc) is 2.39. The Morgan fingerprint density at radius 3 is 2.56 bits per heavy atom. The number of benzene rings is 1. The van der Waals surface area contributed by atoms with E-state index in [1.54, 1.807) is 31.4 Å². The number of para-hydroxylation sites is 1. The first-order chi connectivity index (χ1) is 7.83. The molecule has 0 aliphatic heterocycles. The van der Waals surface area contributed by atoms with Crippen LogP contribution in [0, 0.1) is 0 Å². The van der Waals surface area contributed by atoms with Gasteiger partial charge in [-0.25, -0.2) is 0 Å². The molecule has 3 nitrogen and oxygen atoms in total. The van der Waals surface area contributed by atoms with Crippen LogP contribution in [0.3, 0.4) is 0 Å². The highest BCUT2D eigenvalue weighted by Gasteiger charge is 2.12. The van der Waals surface area contributed by atoms with Gasteiger partial charge in [-0.05, 0) is 24.3 Å². The van der Waals surface area contributed by atoms with Gasteiger partial charge in [-0.3, -0.25) is 9.78 Å². The zero-order valence-electron chi connectivity index (χ0n) is 8.97. The van der Waals surface area contributed by atoms with Crippen molar-refractivity contribution in [2.24, 2.45) is 0 Å². The van der Waals surface area contributed by atoms with E-state index in [1.807, 2.05) is 24.3 Å². The van der Waals surface area contributed by atoms with Crippen LogP contribution in [0.2, 0.25) is 0 Å². The lowest BCUT2D eigenvalue weighted by Crippen LogP contribution is -2.06. The predicted molar refractivity (Wildman–Crippen MR) is 63.7 cm³/mol. The van der Waals surface area contributed by atoms with Gasteiger partial charge in [0.05, 0.1) is 0 Å². The van der Waals surface area contributed by atoms with Crippen LogP contribution >= 0.6 is 0 Å². The zero-order chi connectivity index (χ0) is 11.4. The van der Waals surface area contributed by atoms with Crippen molar-refractivity contribution in [3.63, 3.8) is 0 Å². The Labute approximate surface area is 94.1 Å². The fourth-order valence-electron chi connectivity index (χ4n) is 1.53. The molecule has 1 aromatic carbocycles. The Morgan fingerprint density at radius 1 is 1.12 bits per heavy atom. The maximum atomic E-state index is 12.1. The minimum absolute atomic E-state index is 0.0643. The Balaban J connectivity index is 2.42.